The van der Waals surface area contributed by atoms with Gasteiger partial charge in [-0.05, 0) is 43.6 Å². The van der Waals surface area contributed by atoms with Gasteiger partial charge in [-0.25, -0.2) is 0 Å². The van der Waals surface area contributed by atoms with Gasteiger partial charge < -0.3 is 5.32 Å². The van der Waals surface area contributed by atoms with Gasteiger partial charge in [0.1, 0.15) is 0 Å². The fraction of sp³-hybridized carbons (Fsp3) is 1.00. The molecule has 0 saturated heterocycles. The van der Waals surface area contributed by atoms with Gasteiger partial charge >= 0.3 is 0 Å². The summed E-state index contributed by atoms with van der Waals surface area (Å²) in [5, 5.41) is 3.66. The average Bonchev–Trinajstić information content (AvgIpc) is 2.02. The summed E-state index contributed by atoms with van der Waals surface area (Å²) in [6.45, 7) is 10.5. The Balaban J connectivity index is 2.18. The second-order valence-electron chi connectivity index (χ2n) is 5.74. The maximum Gasteiger partial charge on any atom is 0.00675 e. The van der Waals surface area contributed by atoms with Gasteiger partial charge in [-0.2, -0.15) is 0 Å². The van der Waals surface area contributed by atoms with E-state index in [1.807, 2.05) is 0 Å². The lowest BCUT2D eigenvalue weighted by atomic mass is 9.75. The third-order valence-corrected chi connectivity index (χ3v) is 3.15. The Hall–Kier alpha value is -0.0400. The molecule has 0 spiro atoms. The minimum atomic E-state index is 0.607. The summed E-state index contributed by atoms with van der Waals surface area (Å²) in [5.41, 5.74) is 0.607. The molecule has 1 heteroatoms. The van der Waals surface area contributed by atoms with Gasteiger partial charge in [0.2, 0.25) is 0 Å². The largest absolute Gasteiger partial charge is 0.314 e. The minimum absolute atomic E-state index is 0.607. The van der Waals surface area contributed by atoms with E-state index in [0.29, 0.717) is 5.41 Å². The van der Waals surface area contributed by atoms with Crippen molar-refractivity contribution in [1.29, 1.82) is 0 Å². The Kier molecular flexibility index (Phi) is 3.78. The van der Waals surface area contributed by atoms with Gasteiger partial charge in [0.15, 0.2) is 0 Å². The summed E-state index contributed by atoms with van der Waals surface area (Å²) in [6, 6.07) is 0.801. The van der Waals surface area contributed by atoms with Crippen molar-refractivity contribution in [1.82, 2.24) is 5.32 Å². The quantitative estimate of drug-likeness (QED) is 0.708. The third kappa shape index (κ3) is 4.12. The van der Waals surface area contributed by atoms with Crippen LogP contribution >= 0.6 is 0 Å². The Morgan fingerprint density at radius 2 is 1.77 bits per heavy atom. The molecule has 0 bridgehead atoms. The fourth-order valence-electron chi connectivity index (χ4n) is 2.01. The van der Waals surface area contributed by atoms with Crippen LogP contribution in [0, 0.1) is 11.3 Å². The van der Waals surface area contributed by atoms with Gasteiger partial charge in [-0.3, -0.25) is 0 Å². The first-order chi connectivity index (χ1) is 5.99. The fourth-order valence-corrected chi connectivity index (χ4v) is 2.01. The van der Waals surface area contributed by atoms with Gasteiger partial charge in [-0.15, -0.1) is 0 Å². The minimum Gasteiger partial charge on any atom is -0.314 e. The predicted octanol–water partition coefficient (Wildman–Crippen LogP) is 3.20. The van der Waals surface area contributed by atoms with E-state index in [2.05, 4.69) is 33.0 Å². The molecule has 0 amide bonds. The highest BCUT2D eigenvalue weighted by Gasteiger charge is 2.26. The second kappa shape index (κ2) is 4.45. The van der Waals surface area contributed by atoms with Crippen LogP contribution in [0.15, 0.2) is 0 Å². The van der Waals surface area contributed by atoms with E-state index >= 15 is 0 Å². The van der Waals surface area contributed by atoms with Crippen molar-refractivity contribution in [3.8, 4) is 0 Å². The molecule has 1 saturated carbocycles. The van der Waals surface area contributed by atoms with Crippen LogP contribution in [0.4, 0.5) is 0 Å². The zero-order valence-corrected chi connectivity index (χ0v) is 9.69. The SMILES string of the molecule is CC(C)CNC1CCC(C)(C)CC1. The van der Waals surface area contributed by atoms with E-state index in [-0.39, 0.29) is 0 Å². The lowest BCUT2D eigenvalue weighted by Gasteiger charge is -2.35. The van der Waals surface area contributed by atoms with Gasteiger partial charge in [0, 0.05) is 6.04 Å². The molecular formula is C12H25N. The van der Waals surface area contributed by atoms with E-state index in [9.17, 15) is 0 Å². The molecule has 0 heterocycles. The molecule has 1 aliphatic carbocycles. The molecule has 78 valence electrons. The molecule has 0 atom stereocenters. The first-order valence-corrected chi connectivity index (χ1v) is 5.73. The van der Waals surface area contributed by atoms with Crippen molar-refractivity contribution in [3.63, 3.8) is 0 Å². The number of rotatable bonds is 3. The standard InChI is InChI=1S/C12H25N/c1-10(2)9-13-11-5-7-12(3,4)8-6-11/h10-11,13H,5-9H2,1-4H3. The zero-order valence-electron chi connectivity index (χ0n) is 9.69. The number of nitrogens with one attached hydrogen (secondary N) is 1. The molecule has 1 N–H and O–H groups in total. The average molecular weight is 183 g/mol. The second-order valence-corrected chi connectivity index (χ2v) is 5.74. The molecule has 1 rings (SSSR count). The Morgan fingerprint density at radius 3 is 2.23 bits per heavy atom. The van der Waals surface area contributed by atoms with E-state index in [1.54, 1.807) is 0 Å². The molecule has 0 radical (unpaired) electrons. The van der Waals surface area contributed by atoms with Crippen molar-refractivity contribution in [2.24, 2.45) is 11.3 Å². The van der Waals surface area contributed by atoms with Crippen LogP contribution in [0.2, 0.25) is 0 Å². The highest BCUT2D eigenvalue weighted by Crippen LogP contribution is 2.34. The van der Waals surface area contributed by atoms with Gasteiger partial charge in [0.05, 0.1) is 0 Å². The zero-order chi connectivity index (χ0) is 9.90. The summed E-state index contributed by atoms with van der Waals surface area (Å²) >= 11 is 0. The van der Waals surface area contributed by atoms with E-state index in [4.69, 9.17) is 0 Å². The van der Waals surface area contributed by atoms with Crippen LogP contribution < -0.4 is 5.32 Å². The summed E-state index contributed by atoms with van der Waals surface area (Å²) in [4.78, 5) is 0. The molecule has 0 aliphatic heterocycles. The highest BCUT2D eigenvalue weighted by molar-refractivity contribution is 4.82. The van der Waals surface area contributed by atoms with Crippen molar-refractivity contribution in [2.45, 2.75) is 59.4 Å². The maximum absolute atomic E-state index is 3.66. The van der Waals surface area contributed by atoms with Gasteiger partial charge in [0.25, 0.3) is 0 Å². The summed E-state index contributed by atoms with van der Waals surface area (Å²) < 4.78 is 0. The number of hydrogen-bond acceptors (Lipinski definition) is 1. The first-order valence-electron chi connectivity index (χ1n) is 5.73. The first kappa shape index (κ1) is 11.0. The molecule has 1 nitrogen and oxygen atoms in total. The van der Waals surface area contributed by atoms with Crippen LogP contribution in [-0.4, -0.2) is 12.6 Å². The number of hydrogen-bond donors (Lipinski definition) is 1. The highest BCUT2D eigenvalue weighted by atomic mass is 14.9. The van der Waals surface area contributed by atoms with E-state index in [1.165, 1.54) is 32.2 Å². The maximum atomic E-state index is 3.66. The van der Waals surface area contributed by atoms with Crippen LogP contribution in [0.5, 0.6) is 0 Å². The van der Waals surface area contributed by atoms with Crippen LogP contribution in [0.25, 0.3) is 0 Å². The lowest BCUT2D eigenvalue weighted by Crippen LogP contribution is -2.37. The van der Waals surface area contributed by atoms with Crippen LogP contribution in [-0.2, 0) is 0 Å². The summed E-state index contributed by atoms with van der Waals surface area (Å²) in [7, 11) is 0. The van der Waals surface area contributed by atoms with Crippen molar-refractivity contribution in [3.05, 3.63) is 0 Å². The topological polar surface area (TPSA) is 12.0 Å². The van der Waals surface area contributed by atoms with Crippen LogP contribution in [0.3, 0.4) is 0 Å². The molecule has 0 aromatic carbocycles. The molecule has 0 aromatic rings. The Bertz CT molecular complexity index is 136. The van der Waals surface area contributed by atoms with E-state index in [0.717, 1.165) is 12.0 Å². The van der Waals surface area contributed by atoms with Crippen LogP contribution in [0.1, 0.15) is 53.4 Å². The monoisotopic (exact) mass is 183 g/mol. The normalized spacial score (nSPS) is 23.8. The summed E-state index contributed by atoms with van der Waals surface area (Å²) in [5.74, 6) is 0.787. The van der Waals surface area contributed by atoms with Crippen molar-refractivity contribution in [2.75, 3.05) is 6.54 Å². The lowest BCUT2D eigenvalue weighted by molar-refractivity contribution is 0.204. The van der Waals surface area contributed by atoms with E-state index < -0.39 is 0 Å². The molecule has 1 fully saturated rings. The molecular weight excluding hydrogens is 158 g/mol. The summed E-state index contributed by atoms with van der Waals surface area (Å²) in [6.07, 6.45) is 5.53. The molecule has 13 heavy (non-hydrogen) atoms. The molecule has 1 aliphatic rings. The van der Waals surface area contributed by atoms with Crippen molar-refractivity contribution >= 4 is 0 Å². The third-order valence-electron chi connectivity index (χ3n) is 3.15. The van der Waals surface area contributed by atoms with Gasteiger partial charge in [-0.1, -0.05) is 27.7 Å². The molecule has 0 aromatic heterocycles. The van der Waals surface area contributed by atoms with Crippen molar-refractivity contribution < 1.29 is 0 Å². The predicted molar refractivity (Wildman–Crippen MR) is 58.9 cm³/mol. The Labute approximate surface area is 83.3 Å². The molecule has 0 unspecified atom stereocenters. The Morgan fingerprint density at radius 1 is 1.23 bits per heavy atom. The smallest absolute Gasteiger partial charge is 0.00675 e.